The molecule has 1 aliphatic heterocycles. The topological polar surface area (TPSA) is 143 Å². The summed E-state index contributed by atoms with van der Waals surface area (Å²) in [6, 6.07) is 23.3. The molecule has 3 aromatic carbocycles. The van der Waals surface area contributed by atoms with Gasteiger partial charge in [-0.1, -0.05) is 55.5 Å². The molecule has 11 heteroatoms. The number of aliphatic hydroxyl groups is 2. The summed E-state index contributed by atoms with van der Waals surface area (Å²) in [6.07, 6.45) is 4.27. The quantitative estimate of drug-likeness (QED) is 0.0750. The monoisotopic (exact) mass is 734 g/mol. The van der Waals surface area contributed by atoms with Crippen molar-refractivity contribution in [2.45, 2.75) is 97.4 Å². The van der Waals surface area contributed by atoms with E-state index < -0.39 is 6.10 Å². The van der Waals surface area contributed by atoms with Crippen molar-refractivity contribution in [3.63, 3.8) is 0 Å². The Balaban J connectivity index is 1.08. The number of aromatic nitrogens is 3. The van der Waals surface area contributed by atoms with Gasteiger partial charge in [0.25, 0.3) is 5.91 Å². The number of pyridine rings is 1. The smallest absolute Gasteiger partial charge is 0.251 e. The molecule has 1 saturated heterocycles. The van der Waals surface area contributed by atoms with E-state index in [1.165, 1.54) is 0 Å². The van der Waals surface area contributed by atoms with Gasteiger partial charge in [0, 0.05) is 66.8 Å². The number of β-amino-alcohol motifs (C(OH)–C–C–N with tert-alkyl or cyclic N) is 1. The van der Waals surface area contributed by atoms with Gasteiger partial charge in [0.05, 0.1) is 30.0 Å². The van der Waals surface area contributed by atoms with Gasteiger partial charge in [-0.25, -0.2) is 9.67 Å². The first-order chi connectivity index (χ1) is 26.2. The Morgan fingerprint density at radius 2 is 1.81 bits per heavy atom. The molecule has 11 nitrogen and oxygen atoms in total. The van der Waals surface area contributed by atoms with Crippen LogP contribution in [0.4, 0.5) is 5.69 Å². The second-order valence-corrected chi connectivity index (χ2v) is 14.6. The number of carbonyl (C=O) groups excluding carboxylic acids is 1. The van der Waals surface area contributed by atoms with Gasteiger partial charge in [0.2, 0.25) is 0 Å². The number of aryl methyl sites for hydroxylation is 2. The fourth-order valence-electron chi connectivity index (χ4n) is 7.06. The number of ether oxygens (including phenoxy) is 2. The maximum atomic E-state index is 13.7. The number of carbonyl (C=O) groups is 1. The lowest BCUT2D eigenvalue weighted by Gasteiger charge is -2.28. The highest BCUT2D eigenvalue weighted by molar-refractivity contribution is 5.95. The highest BCUT2D eigenvalue weighted by atomic mass is 16.5. The number of rotatable bonds is 17. The standard InChI is InChI=1S/C43H54N6O5/c1-5-37-35(40(47-34-17-19-53-20-18-34)36-25-46-49(6-2)41(36)48-37)24-44-42(52)32-14-10-13-30(21-32)23-43(3,4)45-26-38(51)31-15-16-39(33(22-31)27-50)54-28-29-11-8-7-9-12-29/h7-16,21-22,25,34,38,45,50-51H,5-6,17-20,23-24,26-28H2,1-4H3,(H,44,52)(H,47,48)/t38-/m0/s1. The maximum absolute atomic E-state index is 13.7. The lowest BCUT2D eigenvalue weighted by atomic mass is 9.93. The Morgan fingerprint density at radius 1 is 1.04 bits per heavy atom. The Morgan fingerprint density at radius 3 is 2.56 bits per heavy atom. The molecule has 0 bridgehead atoms. The Kier molecular flexibility index (Phi) is 13.0. The molecule has 0 aliphatic carbocycles. The number of anilines is 1. The zero-order chi connectivity index (χ0) is 38.1. The fourth-order valence-corrected chi connectivity index (χ4v) is 7.06. The van der Waals surface area contributed by atoms with Crippen molar-refractivity contribution < 1.29 is 24.5 Å². The van der Waals surface area contributed by atoms with Gasteiger partial charge >= 0.3 is 0 Å². The van der Waals surface area contributed by atoms with E-state index in [-0.39, 0.29) is 24.1 Å². The van der Waals surface area contributed by atoms with Crippen molar-refractivity contribution in [3.8, 4) is 5.75 Å². The van der Waals surface area contributed by atoms with E-state index in [0.29, 0.717) is 48.6 Å². The normalized spacial score (nSPS) is 14.3. The molecule has 1 aliphatic rings. The first-order valence-electron chi connectivity index (χ1n) is 19.1. The zero-order valence-corrected chi connectivity index (χ0v) is 31.9. The maximum Gasteiger partial charge on any atom is 0.251 e. The molecule has 5 N–H and O–H groups in total. The van der Waals surface area contributed by atoms with Crippen LogP contribution in [0.2, 0.25) is 0 Å². The number of hydrogen-bond donors (Lipinski definition) is 5. The molecule has 6 rings (SSSR count). The van der Waals surface area contributed by atoms with E-state index in [2.05, 4.69) is 48.7 Å². The van der Waals surface area contributed by atoms with E-state index in [1.807, 2.05) is 71.5 Å². The molecule has 0 saturated carbocycles. The molecule has 286 valence electrons. The summed E-state index contributed by atoms with van der Waals surface area (Å²) >= 11 is 0. The van der Waals surface area contributed by atoms with Crippen molar-refractivity contribution >= 4 is 22.6 Å². The van der Waals surface area contributed by atoms with Crippen molar-refractivity contribution in [1.29, 1.82) is 0 Å². The van der Waals surface area contributed by atoms with Crippen LogP contribution in [0.15, 0.2) is 79.0 Å². The molecule has 1 amide bonds. The summed E-state index contributed by atoms with van der Waals surface area (Å²) in [4.78, 5) is 18.7. The van der Waals surface area contributed by atoms with Gasteiger partial charge in [0.1, 0.15) is 12.4 Å². The fraction of sp³-hybridized carbons (Fsp3) is 0.419. The second-order valence-electron chi connectivity index (χ2n) is 14.6. The number of benzene rings is 3. The van der Waals surface area contributed by atoms with Crippen molar-refractivity contribution in [2.24, 2.45) is 0 Å². The number of fused-ring (bicyclic) bond motifs is 1. The summed E-state index contributed by atoms with van der Waals surface area (Å²) in [5.74, 6) is 0.437. The van der Waals surface area contributed by atoms with Crippen molar-refractivity contribution in [2.75, 3.05) is 25.1 Å². The van der Waals surface area contributed by atoms with Crippen LogP contribution in [-0.4, -0.2) is 62.2 Å². The van der Waals surface area contributed by atoms with E-state index in [4.69, 9.17) is 14.5 Å². The highest BCUT2D eigenvalue weighted by Crippen LogP contribution is 2.31. The first-order valence-corrected chi connectivity index (χ1v) is 19.1. The van der Waals surface area contributed by atoms with E-state index in [9.17, 15) is 15.0 Å². The van der Waals surface area contributed by atoms with Gasteiger partial charge in [-0.05, 0) is 87.4 Å². The van der Waals surface area contributed by atoms with Crippen LogP contribution in [0.25, 0.3) is 11.0 Å². The van der Waals surface area contributed by atoms with Gasteiger partial charge in [-0.15, -0.1) is 0 Å². The molecule has 54 heavy (non-hydrogen) atoms. The summed E-state index contributed by atoms with van der Waals surface area (Å²) in [7, 11) is 0. The highest BCUT2D eigenvalue weighted by Gasteiger charge is 2.24. The van der Waals surface area contributed by atoms with E-state index >= 15 is 0 Å². The largest absolute Gasteiger partial charge is 0.489 e. The predicted molar refractivity (Wildman–Crippen MR) is 212 cm³/mol. The Bertz CT molecular complexity index is 2010. The first kappa shape index (κ1) is 38.9. The van der Waals surface area contributed by atoms with Crippen LogP contribution >= 0.6 is 0 Å². The zero-order valence-electron chi connectivity index (χ0n) is 31.9. The van der Waals surface area contributed by atoms with Crippen LogP contribution in [0.1, 0.15) is 90.5 Å². The van der Waals surface area contributed by atoms with E-state index in [1.54, 1.807) is 12.1 Å². The lowest BCUT2D eigenvalue weighted by molar-refractivity contribution is 0.0904. The van der Waals surface area contributed by atoms with Gasteiger partial charge in [-0.3, -0.25) is 4.79 Å². The molecule has 2 aromatic heterocycles. The van der Waals surface area contributed by atoms with Crippen LogP contribution in [0, 0.1) is 0 Å². The molecule has 0 radical (unpaired) electrons. The third-order valence-electron chi connectivity index (χ3n) is 10.1. The van der Waals surface area contributed by atoms with Crippen molar-refractivity contribution in [1.82, 2.24) is 25.4 Å². The molecular formula is C43H54N6O5. The van der Waals surface area contributed by atoms with Crippen molar-refractivity contribution in [3.05, 3.63) is 118 Å². The minimum Gasteiger partial charge on any atom is -0.489 e. The average molecular weight is 735 g/mol. The lowest BCUT2D eigenvalue weighted by Crippen LogP contribution is -2.43. The van der Waals surface area contributed by atoms with Crippen LogP contribution < -0.4 is 20.7 Å². The number of aliphatic hydroxyl groups excluding tert-OH is 2. The minimum atomic E-state index is -0.793. The number of amides is 1. The van der Waals surface area contributed by atoms with E-state index in [0.717, 1.165) is 78.1 Å². The third-order valence-corrected chi connectivity index (χ3v) is 10.1. The Hall–Kier alpha value is -4.81. The molecule has 0 unspecified atom stereocenters. The van der Waals surface area contributed by atoms with Crippen LogP contribution in [-0.2, 0) is 43.9 Å². The van der Waals surface area contributed by atoms with Gasteiger partial charge in [0.15, 0.2) is 5.65 Å². The minimum absolute atomic E-state index is 0.155. The SMILES string of the molecule is CCc1nc2c(cnn2CC)c(NC2CCOCC2)c1CNC(=O)c1cccc(CC(C)(C)NC[C@H](O)c2ccc(OCc3ccccc3)c(CO)c2)c1. The number of hydrogen-bond acceptors (Lipinski definition) is 9. The predicted octanol–water partition coefficient (Wildman–Crippen LogP) is 6.25. The molecule has 3 heterocycles. The summed E-state index contributed by atoms with van der Waals surface area (Å²) in [6.45, 7) is 11.3. The third kappa shape index (κ3) is 9.64. The Labute approximate surface area is 318 Å². The molecule has 5 aromatic rings. The second kappa shape index (κ2) is 18.0. The number of nitrogens with one attached hydrogen (secondary N) is 3. The summed E-state index contributed by atoms with van der Waals surface area (Å²) in [5.41, 5.74) is 7.32. The summed E-state index contributed by atoms with van der Waals surface area (Å²) in [5, 5.41) is 37.2. The average Bonchev–Trinajstić information content (AvgIpc) is 3.62. The van der Waals surface area contributed by atoms with Crippen LogP contribution in [0.5, 0.6) is 5.75 Å². The molecular weight excluding hydrogens is 681 g/mol. The molecule has 1 atom stereocenters. The van der Waals surface area contributed by atoms with Crippen LogP contribution in [0.3, 0.4) is 0 Å². The number of nitrogens with zero attached hydrogens (tertiary/aromatic N) is 3. The molecule has 1 fully saturated rings. The van der Waals surface area contributed by atoms with Gasteiger partial charge in [-0.2, -0.15) is 5.10 Å². The molecule has 0 spiro atoms. The van der Waals surface area contributed by atoms with Gasteiger partial charge < -0.3 is 35.6 Å². The summed E-state index contributed by atoms with van der Waals surface area (Å²) < 4.78 is 13.5.